The number of thiocarbonyl (C=S) groups is 1. The second-order valence-corrected chi connectivity index (χ2v) is 5.54. The Balaban J connectivity index is 4.45. The summed E-state index contributed by atoms with van der Waals surface area (Å²) in [5.74, 6) is -0.385. The standard InChI is InChI=1S/C8H17N3O3S2/c1-3-6(8(9)15)16(13,14)11-5-7(12)10-4-2/h6,11H,3-5H2,1-2H3,(H2,9,15)(H,10,12). The maximum Gasteiger partial charge on any atom is 0.235 e. The molecule has 0 aromatic carbocycles. The second kappa shape index (κ2) is 6.77. The lowest BCUT2D eigenvalue weighted by atomic mass is 10.3. The van der Waals surface area contributed by atoms with Gasteiger partial charge >= 0.3 is 0 Å². The van der Waals surface area contributed by atoms with Gasteiger partial charge in [-0.25, -0.2) is 13.1 Å². The van der Waals surface area contributed by atoms with Crippen molar-refractivity contribution in [3.8, 4) is 0 Å². The molecule has 0 aliphatic carbocycles. The van der Waals surface area contributed by atoms with Gasteiger partial charge in [0.05, 0.1) is 11.5 Å². The van der Waals surface area contributed by atoms with E-state index in [-0.39, 0.29) is 23.9 Å². The highest BCUT2D eigenvalue weighted by molar-refractivity contribution is 7.93. The van der Waals surface area contributed by atoms with Crippen LogP contribution in [0.2, 0.25) is 0 Å². The van der Waals surface area contributed by atoms with Gasteiger partial charge in [0.1, 0.15) is 5.25 Å². The molecule has 1 amide bonds. The van der Waals surface area contributed by atoms with Crippen LogP contribution < -0.4 is 15.8 Å². The van der Waals surface area contributed by atoms with E-state index in [2.05, 4.69) is 22.3 Å². The van der Waals surface area contributed by atoms with Crippen LogP contribution in [0.1, 0.15) is 20.3 Å². The van der Waals surface area contributed by atoms with E-state index in [1.807, 2.05) is 0 Å². The van der Waals surface area contributed by atoms with Gasteiger partial charge in [-0.1, -0.05) is 19.1 Å². The number of nitrogens with two attached hydrogens (primary N) is 1. The maximum absolute atomic E-state index is 11.7. The average Bonchev–Trinajstić information content (AvgIpc) is 2.15. The topological polar surface area (TPSA) is 101 Å². The van der Waals surface area contributed by atoms with E-state index in [4.69, 9.17) is 5.73 Å². The fourth-order valence-electron chi connectivity index (χ4n) is 1.10. The van der Waals surface area contributed by atoms with E-state index in [9.17, 15) is 13.2 Å². The maximum atomic E-state index is 11.7. The number of hydrogen-bond donors (Lipinski definition) is 3. The number of carbonyl (C=O) groups is 1. The molecule has 94 valence electrons. The van der Waals surface area contributed by atoms with Crippen LogP contribution in [0.4, 0.5) is 0 Å². The quantitative estimate of drug-likeness (QED) is 0.519. The molecule has 0 aromatic heterocycles. The van der Waals surface area contributed by atoms with Crippen LogP contribution in [-0.2, 0) is 14.8 Å². The Morgan fingerprint density at radius 1 is 1.44 bits per heavy atom. The summed E-state index contributed by atoms with van der Waals surface area (Å²) in [5, 5.41) is 1.54. The van der Waals surface area contributed by atoms with Crippen molar-refractivity contribution in [3.05, 3.63) is 0 Å². The summed E-state index contributed by atoms with van der Waals surface area (Å²) in [6, 6.07) is 0. The van der Waals surface area contributed by atoms with Gasteiger partial charge in [-0.15, -0.1) is 0 Å². The summed E-state index contributed by atoms with van der Waals surface area (Å²) in [7, 11) is -3.66. The molecular formula is C8H17N3O3S2. The highest BCUT2D eigenvalue weighted by Gasteiger charge is 2.26. The molecule has 0 aliphatic heterocycles. The number of carbonyl (C=O) groups excluding carboxylic acids is 1. The Hall–Kier alpha value is -0.730. The van der Waals surface area contributed by atoms with Crippen LogP contribution in [0.25, 0.3) is 0 Å². The number of likely N-dealkylation sites (N-methyl/N-ethyl adjacent to an activating group) is 1. The van der Waals surface area contributed by atoms with Crippen LogP contribution in [0.3, 0.4) is 0 Å². The largest absolute Gasteiger partial charge is 0.392 e. The molecule has 0 bridgehead atoms. The first-order valence-corrected chi connectivity index (χ1v) is 6.85. The number of rotatable bonds is 7. The Morgan fingerprint density at radius 2 is 2.00 bits per heavy atom. The molecule has 1 atom stereocenters. The zero-order valence-corrected chi connectivity index (χ0v) is 11.0. The summed E-state index contributed by atoms with van der Waals surface area (Å²) in [4.78, 5) is 11.0. The predicted molar refractivity (Wildman–Crippen MR) is 66.5 cm³/mol. The Kier molecular flexibility index (Phi) is 6.46. The average molecular weight is 267 g/mol. The Bertz CT molecular complexity index is 354. The lowest BCUT2D eigenvalue weighted by Gasteiger charge is -2.14. The summed E-state index contributed by atoms with van der Waals surface area (Å²) in [6.45, 7) is 3.56. The smallest absolute Gasteiger partial charge is 0.235 e. The molecule has 0 aromatic rings. The van der Waals surface area contributed by atoms with Gasteiger partial charge in [-0.3, -0.25) is 4.79 Å². The van der Waals surface area contributed by atoms with Gasteiger partial charge in [0.2, 0.25) is 15.9 Å². The van der Waals surface area contributed by atoms with Gasteiger partial charge in [0.15, 0.2) is 0 Å². The van der Waals surface area contributed by atoms with Gasteiger partial charge in [-0.2, -0.15) is 0 Å². The molecule has 0 saturated heterocycles. The monoisotopic (exact) mass is 267 g/mol. The molecule has 0 heterocycles. The Labute approximate surface area is 101 Å². The zero-order valence-electron chi connectivity index (χ0n) is 9.32. The van der Waals surface area contributed by atoms with Gasteiger partial charge in [-0.05, 0) is 13.3 Å². The molecule has 0 fully saturated rings. The molecule has 16 heavy (non-hydrogen) atoms. The minimum atomic E-state index is -3.66. The third kappa shape index (κ3) is 4.86. The second-order valence-electron chi connectivity index (χ2n) is 3.12. The number of amides is 1. The van der Waals surface area contributed by atoms with Crippen LogP contribution >= 0.6 is 12.2 Å². The van der Waals surface area contributed by atoms with Crippen LogP contribution in [0.5, 0.6) is 0 Å². The molecule has 6 nitrogen and oxygen atoms in total. The van der Waals surface area contributed by atoms with Crippen LogP contribution in [0, 0.1) is 0 Å². The molecular weight excluding hydrogens is 250 g/mol. The lowest BCUT2D eigenvalue weighted by molar-refractivity contribution is -0.119. The van der Waals surface area contributed by atoms with Crippen LogP contribution in [0.15, 0.2) is 0 Å². The van der Waals surface area contributed by atoms with Gasteiger partial charge < -0.3 is 11.1 Å². The van der Waals surface area contributed by atoms with E-state index in [0.29, 0.717) is 6.54 Å². The fourth-order valence-corrected chi connectivity index (χ4v) is 2.92. The number of nitrogens with one attached hydrogen (secondary N) is 2. The van der Waals surface area contributed by atoms with Gasteiger partial charge in [0, 0.05) is 6.54 Å². The molecule has 4 N–H and O–H groups in total. The molecule has 1 unspecified atom stereocenters. The van der Waals surface area contributed by atoms with Crippen molar-refractivity contribution in [3.63, 3.8) is 0 Å². The third-order valence-corrected chi connectivity index (χ3v) is 4.19. The molecule has 0 rings (SSSR count). The van der Waals surface area contributed by atoms with E-state index < -0.39 is 15.3 Å². The SMILES string of the molecule is CCNC(=O)CNS(=O)(=O)C(CC)C(N)=S. The summed E-state index contributed by atoms with van der Waals surface area (Å²) in [5.41, 5.74) is 5.31. The predicted octanol–water partition coefficient (Wildman–Crippen LogP) is -0.893. The van der Waals surface area contributed by atoms with Crippen molar-refractivity contribution >= 4 is 33.1 Å². The van der Waals surface area contributed by atoms with Crippen molar-refractivity contribution in [2.75, 3.05) is 13.1 Å². The molecule has 0 spiro atoms. The van der Waals surface area contributed by atoms with Crippen molar-refractivity contribution in [1.82, 2.24) is 10.0 Å². The minimum Gasteiger partial charge on any atom is -0.392 e. The third-order valence-electron chi connectivity index (χ3n) is 1.87. The normalized spacial score (nSPS) is 13.1. The highest BCUT2D eigenvalue weighted by Crippen LogP contribution is 2.04. The first-order valence-electron chi connectivity index (χ1n) is 4.89. The van der Waals surface area contributed by atoms with Crippen molar-refractivity contribution in [2.24, 2.45) is 5.73 Å². The summed E-state index contributed by atoms with van der Waals surface area (Å²) >= 11 is 4.65. The van der Waals surface area contributed by atoms with E-state index >= 15 is 0 Å². The summed E-state index contributed by atoms with van der Waals surface area (Å²) < 4.78 is 25.5. The summed E-state index contributed by atoms with van der Waals surface area (Å²) in [6.07, 6.45) is 0.278. The van der Waals surface area contributed by atoms with Gasteiger partial charge in [0.25, 0.3) is 0 Å². The van der Waals surface area contributed by atoms with Crippen molar-refractivity contribution in [1.29, 1.82) is 0 Å². The van der Waals surface area contributed by atoms with Crippen LogP contribution in [-0.4, -0.2) is 37.7 Å². The van der Waals surface area contributed by atoms with Crippen molar-refractivity contribution in [2.45, 2.75) is 25.5 Å². The highest BCUT2D eigenvalue weighted by atomic mass is 32.2. The van der Waals surface area contributed by atoms with Crippen molar-refractivity contribution < 1.29 is 13.2 Å². The fraction of sp³-hybridized carbons (Fsp3) is 0.750. The zero-order chi connectivity index (χ0) is 12.8. The number of sulfonamides is 1. The number of hydrogen-bond acceptors (Lipinski definition) is 4. The molecule has 0 saturated carbocycles. The Morgan fingerprint density at radius 3 is 2.38 bits per heavy atom. The lowest BCUT2D eigenvalue weighted by Crippen LogP contribution is -2.45. The molecule has 0 aliphatic rings. The molecule has 0 radical (unpaired) electrons. The first kappa shape index (κ1) is 15.3. The minimum absolute atomic E-state index is 0.0918. The first-order chi connectivity index (χ1) is 7.35. The van der Waals surface area contributed by atoms with E-state index in [1.54, 1.807) is 13.8 Å². The van der Waals surface area contributed by atoms with E-state index in [0.717, 1.165) is 0 Å². The van der Waals surface area contributed by atoms with E-state index in [1.165, 1.54) is 0 Å². The molecule has 8 heteroatoms.